The molecule has 4 aromatic heterocycles. The van der Waals surface area contributed by atoms with Crippen LogP contribution < -0.4 is 10.6 Å². The van der Waals surface area contributed by atoms with Crippen molar-refractivity contribution in [3.05, 3.63) is 58.3 Å². The Kier molecular flexibility index (Phi) is 6.77. The normalized spacial score (nSPS) is 15.9. The van der Waals surface area contributed by atoms with Crippen LogP contribution >= 0.6 is 11.3 Å². The third-order valence-electron chi connectivity index (χ3n) is 6.48. The molecule has 0 saturated carbocycles. The first-order valence-electron chi connectivity index (χ1n) is 11.8. The SMILES string of the molecule is Cc1ncc(NC(=O)CN2CCC[C@@H]2C)cc1NC(=O)c1nnn2cc(-c3ccsc3CO)ccc12. The largest absolute Gasteiger partial charge is 0.391 e. The predicted octanol–water partition coefficient (Wildman–Crippen LogP) is 3.33. The lowest BCUT2D eigenvalue weighted by Gasteiger charge is -2.20. The molecule has 5 heterocycles. The molecule has 4 aromatic rings. The van der Waals surface area contributed by atoms with Gasteiger partial charge < -0.3 is 15.7 Å². The predicted molar refractivity (Wildman–Crippen MR) is 138 cm³/mol. The summed E-state index contributed by atoms with van der Waals surface area (Å²) in [5, 5.41) is 25.4. The number of thiophene rings is 1. The Hall–Kier alpha value is -3.67. The lowest BCUT2D eigenvalue weighted by atomic mass is 10.1. The number of likely N-dealkylation sites (tertiary alicyclic amines) is 1. The number of fused-ring (bicyclic) bond motifs is 1. The van der Waals surface area contributed by atoms with E-state index in [1.807, 2.05) is 17.5 Å². The number of nitrogens with one attached hydrogen (secondary N) is 2. The summed E-state index contributed by atoms with van der Waals surface area (Å²) in [5.41, 5.74) is 4.12. The quantitative estimate of drug-likeness (QED) is 0.352. The monoisotopic (exact) mass is 505 g/mol. The summed E-state index contributed by atoms with van der Waals surface area (Å²) in [6.07, 6.45) is 5.57. The number of nitrogens with zero attached hydrogens (tertiary/aromatic N) is 5. The Balaban J connectivity index is 1.31. The van der Waals surface area contributed by atoms with Crippen LogP contribution in [0.1, 0.15) is 40.8 Å². The highest BCUT2D eigenvalue weighted by atomic mass is 32.1. The van der Waals surface area contributed by atoms with Crippen LogP contribution in [-0.4, -0.2) is 60.8 Å². The van der Waals surface area contributed by atoms with Crippen molar-refractivity contribution in [3.8, 4) is 11.1 Å². The summed E-state index contributed by atoms with van der Waals surface area (Å²) < 4.78 is 1.55. The number of aliphatic hydroxyl groups is 1. The first-order valence-corrected chi connectivity index (χ1v) is 12.7. The van der Waals surface area contributed by atoms with Gasteiger partial charge in [0.15, 0.2) is 5.69 Å². The lowest BCUT2D eigenvalue weighted by molar-refractivity contribution is -0.117. The van der Waals surface area contributed by atoms with Gasteiger partial charge in [0.1, 0.15) is 0 Å². The summed E-state index contributed by atoms with van der Waals surface area (Å²) in [6.45, 7) is 5.12. The highest BCUT2D eigenvalue weighted by molar-refractivity contribution is 7.10. The number of pyridine rings is 2. The van der Waals surface area contributed by atoms with E-state index in [0.29, 0.717) is 35.2 Å². The molecule has 0 spiro atoms. The van der Waals surface area contributed by atoms with Crippen LogP contribution in [-0.2, 0) is 11.4 Å². The second-order valence-corrected chi connectivity index (χ2v) is 9.92. The standard InChI is InChI=1S/C25H27N7O3S/c1-15-4-3-8-31(15)13-23(34)27-18-10-20(16(2)26-11-18)28-25(35)24-21-6-5-17(12-32(21)30-29-24)19-7-9-36-22(19)14-33/h5-7,9-12,15,33H,3-4,8,13-14H2,1-2H3,(H,27,34)(H,28,35)/t15-/m0/s1. The number of carbonyl (C=O) groups excluding carboxylic acids is 2. The van der Waals surface area contributed by atoms with E-state index >= 15 is 0 Å². The van der Waals surface area contributed by atoms with Crippen molar-refractivity contribution < 1.29 is 14.7 Å². The number of rotatable bonds is 7. The summed E-state index contributed by atoms with van der Waals surface area (Å²) >= 11 is 1.48. The number of amides is 2. The van der Waals surface area contributed by atoms with Crippen molar-refractivity contribution >= 4 is 40.0 Å². The molecule has 1 fully saturated rings. The molecule has 3 N–H and O–H groups in total. The number of hydrogen-bond acceptors (Lipinski definition) is 8. The minimum absolute atomic E-state index is 0.0413. The van der Waals surface area contributed by atoms with Crippen LogP contribution in [0, 0.1) is 6.92 Å². The molecule has 1 aliphatic heterocycles. The lowest BCUT2D eigenvalue weighted by Crippen LogP contribution is -2.35. The van der Waals surface area contributed by atoms with Crippen LogP contribution in [0.5, 0.6) is 0 Å². The van der Waals surface area contributed by atoms with Gasteiger partial charge in [-0.3, -0.25) is 19.5 Å². The van der Waals surface area contributed by atoms with E-state index in [9.17, 15) is 14.7 Å². The summed E-state index contributed by atoms with van der Waals surface area (Å²) in [5.74, 6) is -0.537. The van der Waals surface area contributed by atoms with Gasteiger partial charge in [-0.1, -0.05) is 11.3 Å². The van der Waals surface area contributed by atoms with Crippen LogP contribution in [0.4, 0.5) is 11.4 Å². The second kappa shape index (κ2) is 10.1. The Morgan fingerprint density at radius 1 is 1.25 bits per heavy atom. The first-order chi connectivity index (χ1) is 17.4. The zero-order valence-corrected chi connectivity index (χ0v) is 20.9. The molecule has 36 heavy (non-hydrogen) atoms. The number of hydrogen-bond donors (Lipinski definition) is 3. The van der Waals surface area contributed by atoms with Crippen molar-refractivity contribution in [1.82, 2.24) is 24.7 Å². The van der Waals surface area contributed by atoms with Gasteiger partial charge in [0, 0.05) is 22.7 Å². The van der Waals surface area contributed by atoms with Gasteiger partial charge in [-0.15, -0.1) is 16.4 Å². The summed E-state index contributed by atoms with van der Waals surface area (Å²) in [7, 11) is 0. The van der Waals surface area contributed by atoms with E-state index in [2.05, 4.69) is 37.8 Å². The Morgan fingerprint density at radius 3 is 2.89 bits per heavy atom. The molecule has 0 bridgehead atoms. The minimum atomic E-state index is -0.427. The molecule has 1 atom stereocenters. The molecule has 5 rings (SSSR count). The highest BCUT2D eigenvalue weighted by Crippen LogP contribution is 2.29. The minimum Gasteiger partial charge on any atom is -0.391 e. The molecule has 10 nitrogen and oxygen atoms in total. The van der Waals surface area contributed by atoms with Crippen molar-refractivity contribution in [2.24, 2.45) is 0 Å². The fourth-order valence-corrected chi connectivity index (χ4v) is 5.21. The van der Waals surface area contributed by atoms with Gasteiger partial charge in [0.05, 0.1) is 41.9 Å². The molecule has 11 heteroatoms. The molecule has 1 saturated heterocycles. The summed E-state index contributed by atoms with van der Waals surface area (Å²) in [4.78, 5) is 32.9. The topological polar surface area (TPSA) is 125 Å². The number of aliphatic hydroxyl groups excluding tert-OH is 1. The molecule has 0 aromatic carbocycles. The number of aromatic nitrogens is 4. The maximum Gasteiger partial charge on any atom is 0.278 e. The Morgan fingerprint density at radius 2 is 2.11 bits per heavy atom. The average Bonchev–Trinajstić information content (AvgIpc) is 3.60. The zero-order chi connectivity index (χ0) is 25.2. The van der Waals surface area contributed by atoms with E-state index in [1.54, 1.807) is 36.0 Å². The van der Waals surface area contributed by atoms with Gasteiger partial charge in [-0.2, -0.15) is 0 Å². The van der Waals surface area contributed by atoms with Gasteiger partial charge >= 0.3 is 0 Å². The Labute approximate surface area is 212 Å². The zero-order valence-electron chi connectivity index (χ0n) is 20.1. The fraction of sp³-hybridized carbons (Fsp3) is 0.320. The van der Waals surface area contributed by atoms with E-state index in [1.165, 1.54) is 11.3 Å². The molecule has 186 valence electrons. The third-order valence-corrected chi connectivity index (χ3v) is 7.39. The number of aryl methyl sites for hydroxylation is 1. The van der Waals surface area contributed by atoms with E-state index < -0.39 is 5.91 Å². The van der Waals surface area contributed by atoms with Crippen molar-refractivity contribution in [1.29, 1.82) is 0 Å². The van der Waals surface area contributed by atoms with Crippen molar-refractivity contribution in [2.45, 2.75) is 39.3 Å². The smallest absolute Gasteiger partial charge is 0.278 e. The summed E-state index contributed by atoms with van der Waals surface area (Å²) in [6, 6.07) is 7.70. The van der Waals surface area contributed by atoms with Gasteiger partial charge in [0.25, 0.3) is 5.91 Å². The molecule has 0 aliphatic carbocycles. The molecular weight excluding hydrogens is 478 g/mol. The van der Waals surface area contributed by atoms with Crippen LogP contribution in [0.15, 0.2) is 42.0 Å². The molecule has 1 aliphatic rings. The van der Waals surface area contributed by atoms with Gasteiger partial charge in [0.2, 0.25) is 5.91 Å². The number of carbonyl (C=O) groups is 2. The maximum absolute atomic E-state index is 13.1. The number of anilines is 2. The van der Waals surface area contributed by atoms with Gasteiger partial charge in [-0.05, 0) is 62.4 Å². The third kappa shape index (κ3) is 4.85. The van der Waals surface area contributed by atoms with E-state index in [4.69, 9.17) is 0 Å². The van der Waals surface area contributed by atoms with E-state index in [-0.39, 0.29) is 18.2 Å². The molecular formula is C25H27N7O3S. The van der Waals surface area contributed by atoms with Crippen molar-refractivity contribution in [2.75, 3.05) is 23.7 Å². The van der Waals surface area contributed by atoms with Crippen LogP contribution in [0.2, 0.25) is 0 Å². The molecule has 0 unspecified atom stereocenters. The van der Waals surface area contributed by atoms with Crippen LogP contribution in [0.25, 0.3) is 16.6 Å². The maximum atomic E-state index is 13.1. The first kappa shape index (κ1) is 24.0. The van der Waals surface area contributed by atoms with Crippen LogP contribution in [0.3, 0.4) is 0 Å². The van der Waals surface area contributed by atoms with Gasteiger partial charge in [-0.25, -0.2) is 4.52 Å². The highest BCUT2D eigenvalue weighted by Gasteiger charge is 2.23. The average molecular weight is 506 g/mol. The fourth-order valence-electron chi connectivity index (χ4n) is 4.46. The second-order valence-electron chi connectivity index (χ2n) is 8.92. The van der Waals surface area contributed by atoms with Crippen molar-refractivity contribution in [3.63, 3.8) is 0 Å². The molecule has 2 amide bonds. The Bertz CT molecular complexity index is 1430. The van der Waals surface area contributed by atoms with E-state index in [0.717, 1.165) is 35.4 Å². The molecule has 0 radical (unpaired) electrons.